The van der Waals surface area contributed by atoms with E-state index < -0.39 is 0 Å². The van der Waals surface area contributed by atoms with Crippen LogP contribution in [-0.2, 0) is 0 Å². The van der Waals surface area contributed by atoms with Gasteiger partial charge in [0.15, 0.2) is 0 Å². The summed E-state index contributed by atoms with van der Waals surface area (Å²) in [5.74, 6) is 1.37. The van der Waals surface area contributed by atoms with Crippen molar-refractivity contribution < 1.29 is 14.3 Å². The van der Waals surface area contributed by atoms with E-state index in [9.17, 15) is 4.79 Å². The summed E-state index contributed by atoms with van der Waals surface area (Å²) in [6, 6.07) is 25.6. The maximum Gasteiger partial charge on any atom is 0.254 e. The maximum atomic E-state index is 13.9. The molecule has 194 valence electrons. The Morgan fingerprint density at radius 2 is 1.39 bits per heavy atom. The molecule has 0 radical (unpaired) electrons. The molecule has 0 unspecified atom stereocenters. The predicted octanol–water partition coefficient (Wildman–Crippen LogP) is 5.89. The van der Waals surface area contributed by atoms with Gasteiger partial charge in [0.1, 0.15) is 11.5 Å². The zero-order valence-electron chi connectivity index (χ0n) is 21.5. The number of halogens is 1. The van der Waals surface area contributed by atoms with Crippen molar-refractivity contribution in [2.24, 2.45) is 0 Å². The van der Waals surface area contributed by atoms with Crippen molar-refractivity contribution in [1.29, 1.82) is 0 Å². The van der Waals surface area contributed by atoms with Crippen molar-refractivity contribution in [3.8, 4) is 11.5 Å². The minimum absolute atomic E-state index is 0.00762. The molecule has 38 heavy (non-hydrogen) atoms. The van der Waals surface area contributed by atoms with Gasteiger partial charge in [-0.05, 0) is 59.2 Å². The molecule has 2 heterocycles. The Bertz CT molecular complexity index is 1340. The van der Waals surface area contributed by atoms with E-state index in [0.29, 0.717) is 18.7 Å². The third-order valence-corrected chi connectivity index (χ3v) is 7.37. The van der Waals surface area contributed by atoms with E-state index in [0.717, 1.165) is 52.0 Å². The summed E-state index contributed by atoms with van der Waals surface area (Å²) in [6.07, 6.45) is 3.50. The molecule has 1 aromatic heterocycles. The van der Waals surface area contributed by atoms with Crippen LogP contribution in [0.3, 0.4) is 0 Å². The van der Waals surface area contributed by atoms with Crippen molar-refractivity contribution >= 4 is 23.2 Å². The molecular weight excluding hydrogens is 498 g/mol. The van der Waals surface area contributed by atoms with Gasteiger partial charge < -0.3 is 19.3 Å². The molecule has 1 amide bonds. The van der Waals surface area contributed by atoms with Crippen LogP contribution >= 0.6 is 11.6 Å². The predicted molar refractivity (Wildman–Crippen MR) is 151 cm³/mol. The van der Waals surface area contributed by atoms with E-state index in [-0.39, 0.29) is 11.8 Å². The molecule has 0 saturated carbocycles. The lowest BCUT2D eigenvalue weighted by Gasteiger charge is -2.37. The van der Waals surface area contributed by atoms with Crippen LogP contribution in [-0.4, -0.2) is 56.2 Å². The number of ether oxygens (including phenoxy) is 2. The normalized spacial score (nSPS) is 13.5. The van der Waals surface area contributed by atoms with Gasteiger partial charge >= 0.3 is 0 Å². The quantitative estimate of drug-likeness (QED) is 0.300. The molecule has 0 atom stereocenters. The topological polar surface area (TPSA) is 54.9 Å². The number of aromatic nitrogens is 1. The molecule has 6 nitrogen and oxygen atoms in total. The highest BCUT2D eigenvalue weighted by Gasteiger charge is 2.28. The van der Waals surface area contributed by atoms with E-state index in [4.69, 9.17) is 21.1 Å². The summed E-state index contributed by atoms with van der Waals surface area (Å²) in [6.45, 7) is 2.66. The molecule has 0 bridgehead atoms. The van der Waals surface area contributed by atoms with Gasteiger partial charge in [-0.3, -0.25) is 9.78 Å². The smallest absolute Gasteiger partial charge is 0.254 e. The highest BCUT2D eigenvalue weighted by atomic mass is 35.5. The monoisotopic (exact) mass is 527 g/mol. The number of carbonyl (C=O) groups is 1. The Labute approximate surface area is 228 Å². The second-order valence-corrected chi connectivity index (χ2v) is 9.58. The van der Waals surface area contributed by atoms with Crippen LogP contribution in [0.25, 0.3) is 0 Å². The first-order valence-corrected chi connectivity index (χ1v) is 13.0. The minimum atomic E-state index is -0.191. The number of rotatable bonds is 7. The average molecular weight is 528 g/mol. The van der Waals surface area contributed by atoms with Crippen LogP contribution in [0.1, 0.15) is 33.0 Å². The number of methoxy groups -OCH3 is 2. The number of amides is 1. The molecular formula is C31H30ClN3O3. The molecule has 7 heteroatoms. The Balaban J connectivity index is 1.46. The Morgan fingerprint density at radius 3 is 1.95 bits per heavy atom. The van der Waals surface area contributed by atoms with E-state index in [2.05, 4.69) is 9.88 Å². The van der Waals surface area contributed by atoms with Crippen LogP contribution in [0.5, 0.6) is 11.5 Å². The zero-order valence-corrected chi connectivity index (χ0v) is 22.3. The molecule has 3 aromatic carbocycles. The van der Waals surface area contributed by atoms with E-state index >= 15 is 0 Å². The van der Waals surface area contributed by atoms with Gasteiger partial charge in [-0.2, -0.15) is 0 Å². The molecule has 1 aliphatic rings. The van der Waals surface area contributed by atoms with Crippen molar-refractivity contribution in [2.45, 2.75) is 5.92 Å². The lowest BCUT2D eigenvalue weighted by Crippen LogP contribution is -2.49. The standard InChI is InChI=1S/C31H30ClN3O3/c1-37-24-11-7-22(8-12-24)30(23-9-13-25(38-2)14-10-23)27-21-33-16-15-26(27)31(36)35-19-17-34(18-20-35)29-6-4-3-5-28(29)32/h3-16,21,30H,17-20H2,1-2H3. The van der Waals surface area contributed by atoms with Crippen molar-refractivity contribution in [2.75, 3.05) is 45.3 Å². The first-order valence-electron chi connectivity index (χ1n) is 12.6. The van der Waals surface area contributed by atoms with E-state index in [1.807, 2.05) is 90.0 Å². The fourth-order valence-corrected chi connectivity index (χ4v) is 5.26. The number of hydrogen-bond donors (Lipinski definition) is 0. The van der Waals surface area contributed by atoms with Gasteiger partial charge in [0.25, 0.3) is 5.91 Å². The lowest BCUT2D eigenvalue weighted by atomic mass is 9.83. The Morgan fingerprint density at radius 1 is 0.816 bits per heavy atom. The number of anilines is 1. The first kappa shape index (κ1) is 25.6. The van der Waals surface area contributed by atoms with Crippen molar-refractivity contribution in [3.05, 3.63) is 119 Å². The number of benzene rings is 3. The fraction of sp³-hybridized carbons (Fsp3) is 0.226. The molecule has 5 rings (SSSR count). The Hall–Kier alpha value is -4.03. The largest absolute Gasteiger partial charge is 0.497 e. The van der Waals surface area contributed by atoms with Gasteiger partial charge in [0, 0.05) is 50.1 Å². The number of para-hydroxylation sites is 1. The van der Waals surface area contributed by atoms with Crippen LogP contribution in [0.15, 0.2) is 91.3 Å². The van der Waals surface area contributed by atoms with E-state index in [1.165, 1.54) is 0 Å². The first-order chi connectivity index (χ1) is 18.6. The zero-order chi connectivity index (χ0) is 26.5. The highest BCUT2D eigenvalue weighted by molar-refractivity contribution is 6.33. The maximum absolute atomic E-state index is 13.9. The molecule has 1 saturated heterocycles. The summed E-state index contributed by atoms with van der Waals surface area (Å²) in [7, 11) is 3.30. The van der Waals surface area contributed by atoms with Crippen LogP contribution in [0.2, 0.25) is 5.02 Å². The second-order valence-electron chi connectivity index (χ2n) is 9.17. The van der Waals surface area contributed by atoms with Gasteiger partial charge in [-0.15, -0.1) is 0 Å². The molecule has 1 fully saturated rings. The highest BCUT2D eigenvalue weighted by Crippen LogP contribution is 2.36. The van der Waals surface area contributed by atoms with Crippen molar-refractivity contribution in [1.82, 2.24) is 9.88 Å². The summed E-state index contributed by atoms with van der Waals surface area (Å²) < 4.78 is 10.8. The SMILES string of the molecule is COc1ccc(C(c2ccc(OC)cc2)c2cnccc2C(=O)N2CCN(c3ccccc3Cl)CC2)cc1. The fourth-order valence-electron chi connectivity index (χ4n) is 5.00. The summed E-state index contributed by atoms with van der Waals surface area (Å²) in [4.78, 5) is 22.5. The number of hydrogen-bond acceptors (Lipinski definition) is 5. The van der Waals surface area contributed by atoms with Gasteiger partial charge in [0.2, 0.25) is 0 Å². The molecule has 0 aliphatic carbocycles. The minimum Gasteiger partial charge on any atom is -0.497 e. The van der Waals surface area contributed by atoms with Gasteiger partial charge in [-0.1, -0.05) is 48.0 Å². The molecule has 0 spiro atoms. The number of pyridine rings is 1. The van der Waals surface area contributed by atoms with Gasteiger partial charge in [-0.25, -0.2) is 0 Å². The Kier molecular flexibility index (Phi) is 7.80. The number of nitrogens with zero attached hydrogens (tertiary/aromatic N) is 3. The van der Waals surface area contributed by atoms with Crippen molar-refractivity contribution in [3.63, 3.8) is 0 Å². The van der Waals surface area contributed by atoms with Crippen LogP contribution < -0.4 is 14.4 Å². The van der Waals surface area contributed by atoms with E-state index in [1.54, 1.807) is 20.4 Å². The average Bonchev–Trinajstić information content (AvgIpc) is 2.98. The number of piperazine rings is 1. The lowest BCUT2D eigenvalue weighted by molar-refractivity contribution is 0.0745. The summed E-state index contributed by atoms with van der Waals surface area (Å²) >= 11 is 6.42. The van der Waals surface area contributed by atoms with Crippen LogP contribution in [0, 0.1) is 0 Å². The summed E-state index contributed by atoms with van der Waals surface area (Å²) in [5.41, 5.74) is 4.61. The molecule has 4 aromatic rings. The molecule has 1 aliphatic heterocycles. The third kappa shape index (κ3) is 5.31. The second kappa shape index (κ2) is 11.6. The van der Waals surface area contributed by atoms with Crippen LogP contribution in [0.4, 0.5) is 5.69 Å². The summed E-state index contributed by atoms with van der Waals surface area (Å²) in [5, 5.41) is 0.727. The number of carbonyl (C=O) groups excluding carboxylic acids is 1. The van der Waals surface area contributed by atoms with Gasteiger partial charge in [0.05, 0.1) is 24.9 Å². The molecule has 0 N–H and O–H groups in total. The third-order valence-electron chi connectivity index (χ3n) is 7.05.